The molecule has 0 aromatic heterocycles. The third kappa shape index (κ3) is 4.91. The fourth-order valence-corrected chi connectivity index (χ4v) is 1.47. The standard InChI is InChI=1S/C15H22N2O3/c1-5-11(2)12(3)16-17-15(18)10-20-14-9-7-6-8-13(14)19-4/h6-9,11H,5,10H2,1-4H3,(H,17,18)/b16-12-/t11-/m0/s1. The summed E-state index contributed by atoms with van der Waals surface area (Å²) in [6.45, 7) is 5.94. The summed E-state index contributed by atoms with van der Waals surface area (Å²) in [5.41, 5.74) is 3.39. The Balaban J connectivity index is 2.48. The van der Waals surface area contributed by atoms with Crippen molar-refractivity contribution in [3.63, 3.8) is 0 Å². The van der Waals surface area contributed by atoms with E-state index in [4.69, 9.17) is 9.47 Å². The highest BCUT2D eigenvalue weighted by Gasteiger charge is 2.07. The van der Waals surface area contributed by atoms with E-state index in [1.807, 2.05) is 19.1 Å². The van der Waals surface area contributed by atoms with Gasteiger partial charge in [-0.15, -0.1) is 0 Å². The van der Waals surface area contributed by atoms with Crippen LogP contribution < -0.4 is 14.9 Å². The minimum absolute atomic E-state index is 0.0995. The number of amides is 1. The van der Waals surface area contributed by atoms with Gasteiger partial charge in [0.1, 0.15) is 0 Å². The third-order valence-electron chi connectivity index (χ3n) is 3.11. The van der Waals surface area contributed by atoms with Crippen LogP contribution in [-0.4, -0.2) is 25.3 Å². The van der Waals surface area contributed by atoms with Crippen LogP contribution in [0.1, 0.15) is 27.2 Å². The van der Waals surface area contributed by atoms with Crippen LogP contribution in [0.5, 0.6) is 11.5 Å². The first kappa shape index (κ1) is 16.0. The summed E-state index contributed by atoms with van der Waals surface area (Å²) < 4.78 is 10.5. The second-order valence-electron chi connectivity index (χ2n) is 4.54. The fourth-order valence-electron chi connectivity index (χ4n) is 1.47. The van der Waals surface area contributed by atoms with Crippen LogP contribution in [-0.2, 0) is 4.79 Å². The molecule has 1 amide bonds. The number of hydrogen-bond acceptors (Lipinski definition) is 4. The number of ether oxygens (including phenoxy) is 2. The number of nitrogens with one attached hydrogen (secondary N) is 1. The number of carbonyl (C=O) groups excluding carboxylic acids is 1. The largest absolute Gasteiger partial charge is 0.493 e. The number of nitrogens with zero attached hydrogens (tertiary/aromatic N) is 1. The monoisotopic (exact) mass is 278 g/mol. The molecule has 0 aliphatic carbocycles. The van der Waals surface area contributed by atoms with Crippen LogP contribution in [0.15, 0.2) is 29.4 Å². The van der Waals surface area contributed by atoms with Gasteiger partial charge in [-0.2, -0.15) is 5.10 Å². The van der Waals surface area contributed by atoms with Gasteiger partial charge in [0.05, 0.1) is 7.11 Å². The van der Waals surface area contributed by atoms with Crippen LogP contribution in [0.3, 0.4) is 0 Å². The summed E-state index contributed by atoms with van der Waals surface area (Å²) in [5.74, 6) is 1.19. The van der Waals surface area contributed by atoms with Crippen molar-refractivity contribution in [3.05, 3.63) is 24.3 Å². The average Bonchev–Trinajstić information content (AvgIpc) is 2.49. The molecule has 110 valence electrons. The molecule has 0 bridgehead atoms. The summed E-state index contributed by atoms with van der Waals surface area (Å²) >= 11 is 0. The maximum absolute atomic E-state index is 11.6. The molecule has 1 rings (SSSR count). The smallest absolute Gasteiger partial charge is 0.277 e. The number of benzene rings is 1. The Hall–Kier alpha value is -2.04. The molecule has 1 aromatic carbocycles. The lowest BCUT2D eigenvalue weighted by Gasteiger charge is -2.10. The summed E-state index contributed by atoms with van der Waals surface area (Å²) in [6, 6.07) is 7.19. The van der Waals surface area contributed by atoms with E-state index in [-0.39, 0.29) is 12.5 Å². The average molecular weight is 278 g/mol. The van der Waals surface area contributed by atoms with Gasteiger partial charge in [0.25, 0.3) is 5.91 Å². The van der Waals surface area contributed by atoms with E-state index in [0.717, 1.165) is 12.1 Å². The molecule has 0 heterocycles. The van der Waals surface area contributed by atoms with Crippen molar-refractivity contribution in [3.8, 4) is 11.5 Å². The first-order chi connectivity index (χ1) is 9.58. The van der Waals surface area contributed by atoms with Crippen LogP contribution in [0.2, 0.25) is 0 Å². The lowest BCUT2D eigenvalue weighted by molar-refractivity contribution is -0.123. The topological polar surface area (TPSA) is 59.9 Å². The molecule has 0 aliphatic rings. The van der Waals surface area contributed by atoms with Crippen LogP contribution >= 0.6 is 0 Å². The van der Waals surface area contributed by atoms with Gasteiger partial charge in [-0.25, -0.2) is 5.43 Å². The lowest BCUT2D eigenvalue weighted by atomic mass is 10.1. The van der Waals surface area contributed by atoms with E-state index >= 15 is 0 Å². The van der Waals surface area contributed by atoms with Gasteiger partial charge in [-0.3, -0.25) is 4.79 Å². The number of para-hydroxylation sites is 2. The van der Waals surface area contributed by atoms with Gasteiger partial charge >= 0.3 is 0 Å². The molecule has 1 N–H and O–H groups in total. The molecule has 0 aliphatic heterocycles. The molecule has 5 heteroatoms. The van der Waals surface area contributed by atoms with Gasteiger partial charge in [-0.05, 0) is 31.4 Å². The normalized spacial score (nSPS) is 12.7. The summed E-state index contributed by atoms with van der Waals surface area (Å²) in [7, 11) is 1.56. The second-order valence-corrected chi connectivity index (χ2v) is 4.54. The Morgan fingerprint density at radius 3 is 2.60 bits per heavy atom. The van der Waals surface area contributed by atoms with E-state index in [2.05, 4.69) is 24.4 Å². The molecule has 1 atom stereocenters. The highest BCUT2D eigenvalue weighted by Crippen LogP contribution is 2.25. The maximum atomic E-state index is 11.6. The van der Waals surface area contributed by atoms with E-state index in [1.54, 1.807) is 19.2 Å². The molecule has 1 aromatic rings. The van der Waals surface area contributed by atoms with E-state index < -0.39 is 0 Å². The van der Waals surface area contributed by atoms with Crippen molar-refractivity contribution in [2.75, 3.05) is 13.7 Å². The van der Waals surface area contributed by atoms with Crippen molar-refractivity contribution >= 4 is 11.6 Å². The third-order valence-corrected chi connectivity index (χ3v) is 3.11. The molecule has 0 saturated heterocycles. The molecular weight excluding hydrogens is 256 g/mol. The summed E-state index contributed by atoms with van der Waals surface area (Å²) in [4.78, 5) is 11.6. The zero-order valence-electron chi connectivity index (χ0n) is 12.5. The first-order valence-electron chi connectivity index (χ1n) is 6.67. The Labute approximate surface area is 120 Å². The van der Waals surface area contributed by atoms with Crippen molar-refractivity contribution in [2.24, 2.45) is 11.0 Å². The van der Waals surface area contributed by atoms with Crippen molar-refractivity contribution in [1.29, 1.82) is 0 Å². The fraction of sp³-hybridized carbons (Fsp3) is 0.467. The van der Waals surface area contributed by atoms with Gasteiger partial charge in [0, 0.05) is 5.71 Å². The maximum Gasteiger partial charge on any atom is 0.277 e. The summed E-state index contributed by atoms with van der Waals surface area (Å²) in [5, 5.41) is 4.06. The molecular formula is C15H22N2O3. The molecule has 0 radical (unpaired) electrons. The number of rotatable bonds is 7. The van der Waals surface area contributed by atoms with Crippen molar-refractivity contribution in [1.82, 2.24) is 5.43 Å². The molecule has 0 saturated carbocycles. The zero-order valence-corrected chi connectivity index (χ0v) is 12.5. The quantitative estimate of drug-likeness (QED) is 0.616. The minimum Gasteiger partial charge on any atom is -0.493 e. The molecule has 0 spiro atoms. The van der Waals surface area contributed by atoms with E-state index in [0.29, 0.717) is 17.4 Å². The molecule has 20 heavy (non-hydrogen) atoms. The van der Waals surface area contributed by atoms with Gasteiger partial charge in [0.2, 0.25) is 0 Å². The Kier molecular flexibility index (Phi) is 6.56. The molecule has 5 nitrogen and oxygen atoms in total. The molecule has 0 unspecified atom stereocenters. The number of methoxy groups -OCH3 is 1. The Bertz CT molecular complexity index is 472. The van der Waals surface area contributed by atoms with Crippen molar-refractivity contribution in [2.45, 2.75) is 27.2 Å². The van der Waals surface area contributed by atoms with Gasteiger partial charge in [-0.1, -0.05) is 26.0 Å². The Morgan fingerprint density at radius 1 is 1.35 bits per heavy atom. The van der Waals surface area contributed by atoms with Crippen LogP contribution in [0, 0.1) is 5.92 Å². The van der Waals surface area contributed by atoms with E-state index in [9.17, 15) is 4.79 Å². The number of hydrazone groups is 1. The number of hydrogen-bond donors (Lipinski definition) is 1. The summed E-state index contributed by atoms with van der Waals surface area (Å²) in [6.07, 6.45) is 0.989. The predicted octanol–water partition coefficient (Wildman–Crippen LogP) is 2.61. The highest BCUT2D eigenvalue weighted by molar-refractivity contribution is 5.86. The van der Waals surface area contributed by atoms with Crippen LogP contribution in [0.4, 0.5) is 0 Å². The highest BCUT2D eigenvalue weighted by atomic mass is 16.5. The minimum atomic E-state index is -0.293. The molecule has 0 fully saturated rings. The Morgan fingerprint density at radius 2 is 2.00 bits per heavy atom. The van der Waals surface area contributed by atoms with E-state index in [1.165, 1.54) is 0 Å². The first-order valence-corrected chi connectivity index (χ1v) is 6.67. The predicted molar refractivity (Wildman–Crippen MR) is 79.2 cm³/mol. The number of carbonyl (C=O) groups is 1. The van der Waals surface area contributed by atoms with Gasteiger partial charge < -0.3 is 9.47 Å². The SMILES string of the molecule is CC[C@H](C)/C(C)=N\NC(=O)COc1ccccc1OC. The van der Waals surface area contributed by atoms with Crippen molar-refractivity contribution < 1.29 is 14.3 Å². The lowest BCUT2D eigenvalue weighted by Crippen LogP contribution is -2.26. The van der Waals surface area contributed by atoms with Crippen LogP contribution in [0.25, 0.3) is 0 Å². The second kappa shape index (κ2) is 8.19. The van der Waals surface area contributed by atoms with Gasteiger partial charge in [0.15, 0.2) is 18.1 Å². The zero-order chi connectivity index (χ0) is 15.0.